The number of carbonyl (C=O) groups excluding carboxylic acids is 1. The van der Waals surface area contributed by atoms with Gasteiger partial charge in [-0.1, -0.05) is 27.3 Å². The average molecular weight is 330 g/mol. The summed E-state index contributed by atoms with van der Waals surface area (Å²) in [5, 5.41) is 0. The maximum Gasteiger partial charge on any atom is 0.422 e. The summed E-state index contributed by atoms with van der Waals surface area (Å²) in [7, 11) is 0. The van der Waals surface area contributed by atoms with Crippen LogP contribution < -0.4 is 4.87 Å². The van der Waals surface area contributed by atoms with Crippen LogP contribution in [0.2, 0.25) is 0 Å². The summed E-state index contributed by atoms with van der Waals surface area (Å²) in [6.45, 7) is 5.29. The van der Waals surface area contributed by atoms with E-state index >= 15 is 0 Å². The standard InChI is InChI=1S/C12H12BrNO3S/c1-12(2,3)17-10(15)14-8-5-4-7(13)6-9(8)18-11(14)16/h4-6H,1-3H3. The van der Waals surface area contributed by atoms with Crippen molar-refractivity contribution in [2.75, 3.05) is 0 Å². The molecule has 0 saturated heterocycles. The molecule has 2 aromatic rings. The largest absolute Gasteiger partial charge is 0.443 e. The lowest BCUT2D eigenvalue weighted by Crippen LogP contribution is -2.31. The van der Waals surface area contributed by atoms with E-state index in [9.17, 15) is 9.59 Å². The zero-order chi connectivity index (χ0) is 13.5. The van der Waals surface area contributed by atoms with Gasteiger partial charge in [-0.15, -0.1) is 0 Å². The van der Waals surface area contributed by atoms with E-state index in [1.165, 1.54) is 0 Å². The SMILES string of the molecule is CC(C)(C)OC(=O)n1c(=O)sc2cc(Br)ccc21. The summed E-state index contributed by atoms with van der Waals surface area (Å²) in [6.07, 6.45) is -0.638. The van der Waals surface area contributed by atoms with Crippen LogP contribution in [0.25, 0.3) is 10.2 Å². The Morgan fingerprint density at radius 1 is 1.39 bits per heavy atom. The van der Waals surface area contributed by atoms with Gasteiger partial charge in [0.05, 0.1) is 10.2 Å². The van der Waals surface area contributed by atoms with Crippen molar-refractivity contribution in [3.8, 4) is 0 Å². The van der Waals surface area contributed by atoms with Crippen LogP contribution in [0, 0.1) is 0 Å². The first-order valence-electron chi connectivity index (χ1n) is 5.32. The molecule has 96 valence electrons. The maximum absolute atomic E-state index is 12.0. The fraction of sp³-hybridized carbons (Fsp3) is 0.333. The highest BCUT2D eigenvalue weighted by molar-refractivity contribution is 9.10. The average Bonchev–Trinajstić information content (AvgIpc) is 2.50. The highest BCUT2D eigenvalue weighted by Crippen LogP contribution is 2.22. The minimum absolute atomic E-state index is 0.336. The Labute approximate surface area is 116 Å². The van der Waals surface area contributed by atoms with Crippen LogP contribution in [0.15, 0.2) is 27.5 Å². The van der Waals surface area contributed by atoms with Gasteiger partial charge in [-0.2, -0.15) is 0 Å². The van der Waals surface area contributed by atoms with Gasteiger partial charge in [0.15, 0.2) is 0 Å². The molecule has 0 amide bonds. The Morgan fingerprint density at radius 2 is 2.06 bits per heavy atom. The number of carbonyl (C=O) groups is 1. The van der Waals surface area contributed by atoms with Crippen molar-refractivity contribution in [3.63, 3.8) is 0 Å². The predicted molar refractivity (Wildman–Crippen MR) is 75.4 cm³/mol. The quantitative estimate of drug-likeness (QED) is 0.741. The van der Waals surface area contributed by atoms with Gasteiger partial charge in [0.2, 0.25) is 0 Å². The van der Waals surface area contributed by atoms with Crippen LogP contribution in [-0.4, -0.2) is 16.3 Å². The van der Waals surface area contributed by atoms with Crippen LogP contribution in [0.5, 0.6) is 0 Å². The summed E-state index contributed by atoms with van der Waals surface area (Å²) >= 11 is 4.36. The number of benzene rings is 1. The minimum Gasteiger partial charge on any atom is -0.443 e. The molecule has 0 spiro atoms. The van der Waals surface area contributed by atoms with Crippen molar-refractivity contribution in [1.29, 1.82) is 0 Å². The van der Waals surface area contributed by atoms with E-state index in [2.05, 4.69) is 15.9 Å². The second-order valence-corrected chi connectivity index (χ2v) is 6.70. The molecular weight excluding hydrogens is 318 g/mol. The third-order valence-corrected chi connectivity index (χ3v) is 3.52. The zero-order valence-corrected chi connectivity index (χ0v) is 12.6. The molecule has 0 radical (unpaired) electrons. The Kier molecular flexibility index (Phi) is 3.33. The van der Waals surface area contributed by atoms with Crippen molar-refractivity contribution >= 4 is 43.6 Å². The Morgan fingerprint density at radius 3 is 2.67 bits per heavy atom. The van der Waals surface area contributed by atoms with Crippen molar-refractivity contribution in [3.05, 3.63) is 32.3 Å². The van der Waals surface area contributed by atoms with Gasteiger partial charge in [0.1, 0.15) is 5.60 Å². The van der Waals surface area contributed by atoms with Crippen LogP contribution in [-0.2, 0) is 4.74 Å². The normalized spacial score (nSPS) is 11.8. The van der Waals surface area contributed by atoms with E-state index in [1.54, 1.807) is 32.9 Å². The van der Waals surface area contributed by atoms with Crippen LogP contribution in [0.3, 0.4) is 0 Å². The van der Waals surface area contributed by atoms with Crippen LogP contribution in [0.1, 0.15) is 20.8 Å². The molecule has 2 rings (SSSR count). The van der Waals surface area contributed by atoms with E-state index in [1.807, 2.05) is 6.07 Å². The number of fused-ring (bicyclic) bond motifs is 1. The fourth-order valence-electron chi connectivity index (χ4n) is 1.47. The molecule has 0 aliphatic rings. The monoisotopic (exact) mass is 329 g/mol. The highest BCUT2D eigenvalue weighted by Gasteiger charge is 2.21. The maximum atomic E-state index is 12.0. The number of aromatic nitrogens is 1. The smallest absolute Gasteiger partial charge is 0.422 e. The highest BCUT2D eigenvalue weighted by atomic mass is 79.9. The molecule has 4 nitrogen and oxygen atoms in total. The van der Waals surface area contributed by atoms with Gasteiger partial charge in [0, 0.05) is 4.47 Å². The molecule has 1 aromatic heterocycles. The first kappa shape index (κ1) is 13.3. The second kappa shape index (κ2) is 4.51. The summed E-state index contributed by atoms with van der Waals surface area (Å²) in [5.74, 6) is 0. The van der Waals surface area contributed by atoms with Crippen molar-refractivity contribution in [1.82, 2.24) is 4.57 Å². The molecule has 18 heavy (non-hydrogen) atoms. The van der Waals surface area contributed by atoms with Gasteiger partial charge < -0.3 is 4.74 Å². The zero-order valence-electron chi connectivity index (χ0n) is 10.2. The van der Waals surface area contributed by atoms with Crippen molar-refractivity contribution < 1.29 is 9.53 Å². The number of halogens is 1. The first-order chi connectivity index (χ1) is 8.28. The van der Waals surface area contributed by atoms with E-state index in [0.29, 0.717) is 5.52 Å². The van der Waals surface area contributed by atoms with Gasteiger partial charge in [-0.3, -0.25) is 4.79 Å². The molecule has 0 aliphatic heterocycles. The Hall–Kier alpha value is -1.14. The van der Waals surface area contributed by atoms with E-state index < -0.39 is 11.7 Å². The Balaban J connectivity index is 2.54. The lowest BCUT2D eigenvalue weighted by molar-refractivity contribution is 0.0541. The van der Waals surface area contributed by atoms with Gasteiger partial charge in [-0.05, 0) is 39.0 Å². The number of thiazole rings is 1. The van der Waals surface area contributed by atoms with Gasteiger partial charge in [-0.25, -0.2) is 9.36 Å². The number of hydrogen-bond donors (Lipinski definition) is 0. The topological polar surface area (TPSA) is 48.3 Å². The molecule has 6 heteroatoms. The lowest BCUT2D eigenvalue weighted by atomic mass is 10.2. The summed E-state index contributed by atoms with van der Waals surface area (Å²) < 4.78 is 7.91. The molecule has 0 unspecified atom stereocenters. The van der Waals surface area contributed by atoms with Crippen LogP contribution >= 0.6 is 27.3 Å². The Bertz CT molecular complexity index is 666. The molecule has 0 atom stereocenters. The van der Waals surface area contributed by atoms with Crippen molar-refractivity contribution in [2.24, 2.45) is 0 Å². The van der Waals surface area contributed by atoms with Crippen molar-refractivity contribution in [2.45, 2.75) is 26.4 Å². The van der Waals surface area contributed by atoms with Gasteiger partial charge in [0.25, 0.3) is 0 Å². The molecular formula is C12H12BrNO3S. The summed E-state index contributed by atoms with van der Waals surface area (Å²) in [6, 6.07) is 5.32. The number of hydrogen-bond acceptors (Lipinski definition) is 4. The van der Waals surface area contributed by atoms with Crippen LogP contribution in [0.4, 0.5) is 4.79 Å². The molecule has 0 bridgehead atoms. The molecule has 1 heterocycles. The van der Waals surface area contributed by atoms with E-state index in [-0.39, 0.29) is 4.87 Å². The predicted octanol–water partition coefficient (Wildman–Crippen LogP) is 3.61. The molecule has 0 saturated carbocycles. The summed E-state index contributed by atoms with van der Waals surface area (Å²) in [4.78, 5) is 23.5. The van der Waals surface area contributed by atoms with E-state index in [4.69, 9.17) is 4.74 Å². The third kappa shape index (κ3) is 2.64. The lowest BCUT2D eigenvalue weighted by Gasteiger charge is -2.19. The van der Waals surface area contributed by atoms with Gasteiger partial charge >= 0.3 is 11.0 Å². The molecule has 0 fully saturated rings. The summed E-state index contributed by atoms with van der Waals surface area (Å²) in [5.41, 5.74) is -0.0531. The minimum atomic E-state index is -0.638. The third-order valence-electron chi connectivity index (χ3n) is 2.12. The molecule has 1 aromatic carbocycles. The first-order valence-corrected chi connectivity index (χ1v) is 6.93. The number of ether oxygens (including phenoxy) is 1. The number of rotatable bonds is 0. The second-order valence-electron chi connectivity index (χ2n) is 4.80. The van der Waals surface area contributed by atoms with E-state index in [0.717, 1.165) is 25.1 Å². The number of nitrogens with zero attached hydrogens (tertiary/aromatic N) is 1. The fourth-order valence-corrected chi connectivity index (χ4v) is 2.89. The molecule has 0 N–H and O–H groups in total. The molecule has 0 aliphatic carbocycles.